The van der Waals surface area contributed by atoms with E-state index in [1.807, 2.05) is 0 Å². The van der Waals surface area contributed by atoms with Crippen LogP contribution in [-0.4, -0.2) is 63.8 Å². The van der Waals surface area contributed by atoms with Crippen LogP contribution in [0.1, 0.15) is 19.8 Å². The standard InChI is InChI=1S/C20H32N4O.HI/c1-3-21-20(23(2)14-18-10-12-25-16-18)22-13-17-9-11-24(15-17)19-7-5-4-6-8-19;/h4-8,17-18H,3,9-16H2,1-2H3,(H,21,22);1H. The van der Waals surface area contributed by atoms with Crippen molar-refractivity contribution in [3.63, 3.8) is 0 Å². The van der Waals surface area contributed by atoms with E-state index in [4.69, 9.17) is 9.73 Å². The van der Waals surface area contributed by atoms with E-state index in [0.717, 1.165) is 51.9 Å². The number of hydrogen-bond donors (Lipinski definition) is 1. The third-order valence-corrected chi connectivity index (χ3v) is 5.16. The molecular formula is C20H33IN4O. The van der Waals surface area contributed by atoms with Crippen molar-refractivity contribution in [2.75, 3.05) is 57.9 Å². The third-order valence-electron chi connectivity index (χ3n) is 5.16. The maximum atomic E-state index is 5.50. The number of rotatable bonds is 6. The van der Waals surface area contributed by atoms with Gasteiger partial charge in [-0.3, -0.25) is 4.99 Å². The molecule has 0 saturated carbocycles. The van der Waals surface area contributed by atoms with Gasteiger partial charge in [0.05, 0.1) is 6.61 Å². The Morgan fingerprint density at radius 3 is 2.77 bits per heavy atom. The number of anilines is 1. The Morgan fingerprint density at radius 1 is 1.27 bits per heavy atom. The molecular weight excluding hydrogens is 439 g/mol. The largest absolute Gasteiger partial charge is 0.381 e. The Balaban J connectivity index is 0.00000243. The van der Waals surface area contributed by atoms with Crippen molar-refractivity contribution in [2.45, 2.75) is 19.8 Å². The predicted molar refractivity (Wildman–Crippen MR) is 120 cm³/mol. The Kier molecular flexibility index (Phi) is 8.98. The summed E-state index contributed by atoms with van der Waals surface area (Å²) in [6, 6.07) is 10.7. The summed E-state index contributed by atoms with van der Waals surface area (Å²) in [5, 5.41) is 3.44. The summed E-state index contributed by atoms with van der Waals surface area (Å²) in [6.45, 7) is 8.99. The van der Waals surface area contributed by atoms with Crippen molar-refractivity contribution in [3.8, 4) is 0 Å². The van der Waals surface area contributed by atoms with E-state index in [-0.39, 0.29) is 24.0 Å². The molecule has 3 rings (SSSR count). The normalized spacial score (nSPS) is 23.0. The highest BCUT2D eigenvalue weighted by molar-refractivity contribution is 14.0. The molecule has 0 amide bonds. The topological polar surface area (TPSA) is 40.1 Å². The first-order valence-electron chi connectivity index (χ1n) is 9.63. The van der Waals surface area contributed by atoms with Gasteiger partial charge in [-0.1, -0.05) is 18.2 Å². The molecule has 2 heterocycles. The maximum absolute atomic E-state index is 5.50. The second-order valence-electron chi connectivity index (χ2n) is 7.24. The van der Waals surface area contributed by atoms with Crippen LogP contribution < -0.4 is 10.2 Å². The van der Waals surface area contributed by atoms with Gasteiger partial charge in [0.25, 0.3) is 0 Å². The van der Waals surface area contributed by atoms with Crippen LogP contribution in [0.3, 0.4) is 0 Å². The average Bonchev–Trinajstić information content (AvgIpc) is 3.31. The summed E-state index contributed by atoms with van der Waals surface area (Å²) in [5.41, 5.74) is 1.33. The van der Waals surface area contributed by atoms with Gasteiger partial charge in [0.15, 0.2) is 5.96 Å². The molecule has 1 aromatic carbocycles. The van der Waals surface area contributed by atoms with Crippen LogP contribution in [0, 0.1) is 11.8 Å². The van der Waals surface area contributed by atoms with Crippen LogP contribution >= 0.6 is 24.0 Å². The van der Waals surface area contributed by atoms with Crippen LogP contribution in [0.5, 0.6) is 0 Å². The van der Waals surface area contributed by atoms with E-state index < -0.39 is 0 Å². The van der Waals surface area contributed by atoms with Gasteiger partial charge < -0.3 is 19.9 Å². The first kappa shape index (κ1) is 21.3. The van der Waals surface area contributed by atoms with Gasteiger partial charge in [0, 0.05) is 58.0 Å². The zero-order valence-electron chi connectivity index (χ0n) is 16.1. The lowest BCUT2D eigenvalue weighted by Gasteiger charge is -2.25. The molecule has 146 valence electrons. The molecule has 2 atom stereocenters. The van der Waals surface area contributed by atoms with Crippen molar-refractivity contribution in [2.24, 2.45) is 16.8 Å². The third kappa shape index (κ3) is 6.01. The summed E-state index contributed by atoms with van der Waals surface area (Å²) in [7, 11) is 2.14. The average molecular weight is 472 g/mol. The molecule has 0 radical (unpaired) electrons. The van der Waals surface area contributed by atoms with Gasteiger partial charge in [-0.25, -0.2) is 0 Å². The summed E-state index contributed by atoms with van der Waals surface area (Å²) in [5.74, 6) is 2.30. The zero-order chi connectivity index (χ0) is 17.5. The Morgan fingerprint density at radius 2 is 2.08 bits per heavy atom. The van der Waals surface area contributed by atoms with E-state index in [9.17, 15) is 0 Å². The van der Waals surface area contributed by atoms with Crippen LogP contribution in [0.25, 0.3) is 0 Å². The molecule has 2 aliphatic rings. The molecule has 2 saturated heterocycles. The molecule has 2 fully saturated rings. The number of hydrogen-bond acceptors (Lipinski definition) is 3. The summed E-state index contributed by atoms with van der Waals surface area (Å²) in [4.78, 5) is 9.68. The number of ether oxygens (including phenoxy) is 1. The lowest BCUT2D eigenvalue weighted by molar-refractivity contribution is 0.181. The van der Waals surface area contributed by atoms with Crippen molar-refractivity contribution < 1.29 is 4.74 Å². The van der Waals surface area contributed by atoms with Gasteiger partial charge >= 0.3 is 0 Å². The lowest BCUT2D eigenvalue weighted by Crippen LogP contribution is -2.41. The minimum Gasteiger partial charge on any atom is -0.381 e. The number of benzene rings is 1. The Hall–Kier alpha value is -1.02. The second-order valence-corrected chi connectivity index (χ2v) is 7.24. The zero-order valence-corrected chi connectivity index (χ0v) is 18.4. The van der Waals surface area contributed by atoms with Gasteiger partial charge in [-0.15, -0.1) is 24.0 Å². The monoisotopic (exact) mass is 472 g/mol. The summed E-state index contributed by atoms with van der Waals surface area (Å²) >= 11 is 0. The predicted octanol–water partition coefficient (Wildman–Crippen LogP) is 3.06. The van der Waals surface area contributed by atoms with E-state index in [2.05, 4.69) is 59.4 Å². The Bertz CT molecular complexity index is 548. The molecule has 2 unspecified atom stereocenters. The molecule has 0 aliphatic carbocycles. The van der Waals surface area contributed by atoms with Crippen molar-refractivity contribution in [3.05, 3.63) is 30.3 Å². The van der Waals surface area contributed by atoms with E-state index in [1.54, 1.807) is 0 Å². The SMILES string of the molecule is CCNC(=NCC1CCN(c2ccccc2)C1)N(C)CC1CCOC1.I. The van der Waals surface area contributed by atoms with E-state index in [1.165, 1.54) is 18.5 Å². The van der Waals surface area contributed by atoms with Gasteiger partial charge in [0.2, 0.25) is 0 Å². The fourth-order valence-electron chi connectivity index (χ4n) is 3.74. The van der Waals surface area contributed by atoms with Crippen molar-refractivity contribution in [1.82, 2.24) is 10.2 Å². The van der Waals surface area contributed by atoms with E-state index >= 15 is 0 Å². The fourth-order valence-corrected chi connectivity index (χ4v) is 3.74. The highest BCUT2D eigenvalue weighted by Crippen LogP contribution is 2.23. The molecule has 5 nitrogen and oxygen atoms in total. The van der Waals surface area contributed by atoms with Crippen LogP contribution in [0.2, 0.25) is 0 Å². The molecule has 0 bridgehead atoms. The lowest BCUT2D eigenvalue weighted by atomic mass is 10.1. The molecule has 2 aliphatic heterocycles. The molecule has 26 heavy (non-hydrogen) atoms. The summed E-state index contributed by atoms with van der Waals surface area (Å²) < 4.78 is 5.50. The summed E-state index contributed by atoms with van der Waals surface area (Å²) in [6.07, 6.45) is 2.39. The maximum Gasteiger partial charge on any atom is 0.193 e. The number of guanidine groups is 1. The highest BCUT2D eigenvalue weighted by Gasteiger charge is 2.23. The number of aliphatic imine (C=N–C) groups is 1. The minimum atomic E-state index is 0. The molecule has 1 aromatic rings. The first-order valence-corrected chi connectivity index (χ1v) is 9.63. The van der Waals surface area contributed by atoms with E-state index in [0.29, 0.717) is 11.8 Å². The fraction of sp³-hybridized carbons (Fsp3) is 0.650. The van der Waals surface area contributed by atoms with Gasteiger partial charge in [-0.05, 0) is 37.8 Å². The number of nitrogens with one attached hydrogen (secondary N) is 1. The highest BCUT2D eigenvalue weighted by atomic mass is 127. The van der Waals surface area contributed by atoms with Crippen LogP contribution in [0.15, 0.2) is 35.3 Å². The second kappa shape index (κ2) is 11.0. The van der Waals surface area contributed by atoms with Crippen LogP contribution in [-0.2, 0) is 4.74 Å². The Labute approximate surface area is 175 Å². The minimum absolute atomic E-state index is 0. The number of halogens is 1. The molecule has 1 N–H and O–H groups in total. The quantitative estimate of drug-likeness (QED) is 0.393. The van der Waals surface area contributed by atoms with Crippen molar-refractivity contribution >= 4 is 35.6 Å². The molecule has 6 heteroatoms. The van der Waals surface area contributed by atoms with Crippen molar-refractivity contribution in [1.29, 1.82) is 0 Å². The smallest absolute Gasteiger partial charge is 0.193 e. The number of para-hydroxylation sites is 1. The molecule has 0 spiro atoms. The first-order chi connectivity index (χ1) is 12.3. The van der Waals surface area contributed by atoms with Crippen LogP contribution in [0.4, 0.5) is 5.69 Å². The van der Waals surface area contributed by atoms with Gasteiger partial charge in [0.1, 0.15) is 0 Å². The number of nitrogens with zero attached hydrogens (tertiary/aromatic N) is 3. The molecule has 0 aromatic heterocycles. The van der Waals surface area contributed by atoms with Gasteiger partial charge in [-0.2, -0.15) is 0 Å².